The number of aryl methyl sites for hydroxylation is 3. The summed E-state index contributed by atoms with van der Waals surface area (Å²) in [5.41, 5.74) is 1.98. The molecule has 4 saturated carbocycles. The zero-order valence-corrected chi connectivity index (χ0v) is 25.4. The highest BCUT2D eigenvalue weighted by Crippen LogP contribution is 2.61. The number of aliphatic hydroxyl groups is 1. The molecule has 4 bridgehead atoms. The third-order valence-electron chi connectivity index (χ3n) is 8.97. The van der Waals surface area contributed by atoms with Gasteiger partial charge in [-0.15, -0.1) is 0 Å². The first-order valence-electron chi connectivity index (χ1n) is 14.4. The summed E-state index contributed by atoms with van der Waals surface area (Å²) < 4.78 is 36.7. The zero-order chi connectivity index (χ0) is 29.0. The van der Waals surface area contributed by atoms with Gasteiger partial charge >= 0.3 is 11.2 Å². The molecule has 0 radical (unpaired) electrons. The van der Waals surface area contributed by atoms with Crippen LogP contribution in [0.2, 0.25) is 0 Å². The molecule has 4 fully saturated rings. The van der Waals surface area contributed by atoms with Gasteiger partial charge in [-0.2, -0.15) is 8.78 Å². The van der Waals surface area contributed by atoms with Crippen LogP contribution < -0.4 is 0 Å². The Balaban J connectivity index is 1.26. The lowest BCUT2D eigenvalue weighted by molar-refractivity contribution is -0.192. The van der Waals surface area contributed by atoms with Gasteiger partial charge in [0.25, 0.3) is 0 Å². The lowest BCUT2D eigenvalue weighted by Crippen LogP contribution is -2.57. The van der Waals surface area contributed by atoms with Gasteiger partial charge in [0.2, 0.25) is 0 Å². The highest BCUT2D eigenvalue weighted by molar-refractivity contribution is 8.02. The number of hydrogen-bond donors (Lipinski definition) is 1. The van der Waals surface area contributed by atoms with E-state index in [-0.39, 0.29) is 23.8 Å². The zero-order valence-electron chi connectivity index (χ0n) is 23.8. The van der Waals surface area contributed by atoms with Crippen LogP contribution in [0.25, 0.3) is 0 Å². The van der Waals surface area contributed by atoms with Gasteiger partial charge in [-0.1, -0.05) is 41.5 Å². The van der Waals surface area contributed by atoms with E-state index >= 15 is 8.78 Å². The largest absolute Gasteiger partial charge is 0.460 e. The highest BCUT2D eigenvalue weighted by Gasteiger charge is 2.58. The number of carbonyl (C=O) groups is 1. The van der Waals surface area contributed by atoms with Crippen molar-refractivity contribution in [2.24, 2.45) is 17.3 Å². The number of hydrogen-bond acceptors (Lipinski definition) is 4. The quantitative estimate of drug-likeness (QED) is 0.162. The topological polar surface area (TPSA) is 46.5 Å². The number of benzene rings is 3. The smallest absolute Gasteiger partial charge is 0.393 e. The summed E-state index contributed by atoms with van der Waals surface area (Å²) in [6.07, 6.45) is 4.88. The lowest BCUT2D eigenvalue weighted by atomic mass is 9.48. The molecule has 2 atom stereocenters. The van der Waals surface area contributed by atoms with E-state index in [2.05, 4.69) is 24.3 Å². The minimum absolute atomic E-state index is 0.0466. The first-order chi connectivity index (χ1) is 19.4. The van der Waals surface area contributed by atoms with Crippen molar-refractivity contribution < 1.29 is 23.4 Å². The van der Waals surface area contributed by atoms with Crippen LogP contribution in [0.5, 0.6) is 0 Å². The molecule has 0 amide bonds. The average Bonchev–Trinajstić information content (AvgIpc) is 2.89. The van der Waals surface area contributed by atoms with Crippen LogP contribution >= 0.6 is 11.8 Å². The van der Waals surface area contributed by atoms with Crippen molar-refractivity contribution in [3.63, 3.8) is 0 Å². The van der Waals surface area contributed by atoms with E-state index in [1.54, 1.807) is 6.07 Å². The number of thioether (sulfide) groups is 1. The fourth-order valence-corrected chi connectivity index (χ4v) is 10.9. The summed E-state index contributed by atoms with van der Waals surface area (Å²) in [5, 5.41) is 7.27. The summed E-state index contributed by atoms with van der Waals surface area (Å²) in [6.45, 7) is 5.88. The van der Waals surface area contributed by atoms with Crippen LogP contribution in [0.15, 0.2) is 86.3 Å². The maximum Gasteiger partial charge on any atom is 0.393 e. The first kappa shape index (κ1) is 28.8. The van der Waals surface area contributed by atoms with Gasteiger partial charge in [0.1, 0.15) is 10.9 Å². The predicted molar refractivity (Wildman–Crippen MR) is 160 cm³/mol. The number of ether oxygens (including phenoxy) is 1. The Morgan fingerprint density at radius 2 is 1.44 bits per heavy atom. The van der Waals surface area contributed by atoms with Gasteiger partial charge in [0.15, 0.2) is 14.7 Å². The standard InChI is InChI=1S/C34H37F2O3S2/c1-22-4-9-27(10-5-22)41(28-11-6-23(2)7-12-28)30-13-8-24(3)14-29(30)40-34(35,36)31(37)39-21-32-16-25-15-26(17-32)19-33(38,18-25)20-32/h4-14,25-26,38H,15-21H2,1-3H3/q+1. The molecule has 4 aliphatic carbocycles. The van der Waals surface area contributed by atoms with Crippen molar-refractivity contribution in [2.75, 3.05) is 6.61 Å². The molecule has 3 aromatic carbocycles. The molecule has 41 heavy (non-hydrogen) atoms. The van der Waals surface area contributed by atoms with Crippen LogP contribution in [-0.2, 0) is 20.4 Å². The van der Waals surface area contributed by atoms with Gasteiger partial charge < -0.3 is 9.84 Å². The molecule has 0 spiro atoms. The molecular formula is C34H37F2O3S2+. The van der Waals surface area contributed by atoms with Crippen molar-refractivity contribution in [1.29, 1.82) is 0 Å². The molecule has 216 valence electrons. The van der Waals surface area contributed by atoms with Crippen molar-refractivity contribution in [3.8, 4) is 0 Å². The van der Waals surface area contributed by atoms with Crippen molar-refractivity contribution in [1.82, 2.24) is 0 Å². The molecule has 7 heteroatoms. The third kappa shape index (κ3) is 5.95. The van der Waals surface area contributed by atoms with Crippen LogP contribution in [-0.4, -0.2) is 28.5 Å². The van der Waals surface area contributed by atoms with Gasteiger partial charge in [0.05, 0.1) is 17.1 Å². The fraction of sp³-hybridized carbons (Fsp3) is 0.441. The van der Waals surface area contributed by atoms with Gasteiger partial charge in [0, 0.05) is 5.41 Å². The monoisotopic (exact) mass is 595 g/mol. The second-order valence-electron chi connectivity index (χ2n) is 12.8. The van der Waals surface area contributed by atoms with Crippen LogP contribution in [0.4, 0.5) is 8.78 Å². The molecule has 7 rings (SSSR count). The molecular weight excluding hydrogens is 559 g/mol. The number of carbonyl (C=O) groups excluding carboxylic acids is 1. The van der Waals surface area contributed by atoms with Crippen LogP contribution in [0.3, 0.4) is 0 Å². The molecule has 2 unspecified atom stereocenters. The maximum atomic E-state index is 15.7. The van der Waals surface area contributed by atoms with E-state index < -0.39 is 27.7 Å². The molecule has 3 nitrogen and oxygen atoms in total. The Labute approximate surface area is 248 Å². The fourth-order valence-electron chi connectivity index (χ4n) is 7.66. The van der Waals surface area contributed by atoms with Crippen molar-refractivity contribution >= 4 is 28.6 Å². The van der Waals surface area contributed by atoms with E-state index in [1.807, 2.05) is 57.2 Å². The summed E-state index contributed by atoms with van der Waals surface area (Å²) in [6, 6.07) is 22.0. The number of halogens is 2. The summed E-state index contributed by atoms with van der Waals surface area (Å²) in [5.74, 6) is -0.708. The Morgan fingerprint density at radius 1 is 0.902 bits per heavy atom. The van der Waals surface area contributed by atoms with Gasteiger partial charge in [-0.3, -0.25) is 0 Å². The molecule has 0 heterocycles. The van der Waals surface area contributed by atoms with Crippen LogP contribution in [0, 0.1) is 38.0 Å². The van der Waals surface area contributed by atoms with Crippen molar-refractivity contribution in [3.05, 3.63) is 83.4 Å². The molecule has 0 aliphatic heterocycles. The Hall–Kier alpha value is -2.35. The molecule has 3 aromatic rings. The molecule has 0 saturated heterocycles. The first-order valence-corrected chi connectivity index (χ1v) is 16.4. The van der Waals surface area contributed by atoms with Gasteiger partial charge in [-0.05, 0) is 125 Å². The predicted octanol–water partition coefficient (Wildman–Crippen LogP) is 8.27. The van der Waals surface area contributed by atoms with Crippen LogP contribution in [0.1, 0.15) is 55.2 Å². The summed E-state index contributed by atoms with van der Waals surface area (Å²) in [7, 11) is -0.649. The van der Waals surface area contributed by atoms with E-state index in [9.17, 15) is 9.90 Å². The van der Waals surface area contributed by atoms with E-state index in [0.717, 1.165) is 63.5 Å². The normalized spacial score (nSPS) is 26.9. The highest BCUT2D eigenvalue weighted by atomic mass is 32.2. The van der Waals surface area contributed by atoms with Crippen molar-refractivity contribution in [2.45, 2.75) is 89.7 Å². The molecule has 1 N–H and O–H groups in total. The Bertz CT molecular complexity index is 1380. The van der Waals surface area contributed by atoms with E-state index in [0.29, 0.717) is 23.2 Å². The Morgan fingerprint density at radius 3 is 1.98 bits per heavy atom. The summed E-state index contributed by atoms with van der Waals surface area (Å²) in [4.78, 5) is 16.1. The second-order valence-corrected chi connectivity index (χ2v) is 15.9. The molecule has 0 aromatic heterocycles. The number of alkyl halides is 2. The molecule has 4 aliphatic rings. The Kier molecular flexibility index (Phi) is 7.53. The number of rotatable bonds is 8. The second kappa shape index (κ2) is 10.7. The maximum absolute atomic E-state index is 15.7. The minimum atomic E-state index is -3.75. The number of esters is 1. The van der Waals surface area contributed by atoms with Gasteiger partial charge in [-0.25, -0.2) is 4.79 Å². The lowest BCUT2D eigenvalue weighted by Gasteiger charge is -2.59. The minimum Gasteiger partial charge on any atom is -0.460 e. The SMILES string of the molecule is Cc1ccc([S+](c2ccc(C)cc2)c2ccc(C)cc2SC(F)(F)C(=O)OCC23CC4CC(CC(O)(C4)C2)C3)cc1. The van der Waals surface area contributed by atoms with E-state index in [1.165, 1.54) is 0 Å². The van der Waals surface area contributed by atoms with E-state index in [4.69, 9.17) is 4.74 Å². The average molecular weight is 596 g/mol. The third-order valence-corrected chi connectivity index (χ3v) is 12.4. The summed E-state index contributed by atoms with van der Waals surface area (Å²) >= 11 is 0.285.